The molecule has 7 heteroatoms. The third-order valence-corrected chi connectivity index (χ3v) is 6.80. The van der Waals surface area contributed by atoms with E-state index < -0.39 is 10.0 Å². The predicted octanol–water partition coefficient (Wildman–Crippen LogP) is 2.49. The maximum atomic E-state index is 12.7. The predicted molar refractivity (Wildman–Crippen MR) is 94.3 cm³/mol. The summed E-state index contributed by atoms with van der Waals surface area (Å²) in [5, 5.41) is 2.93. The van der Waals surface area contributed by atoms with Crippen LogP contribution >= 0.6 is 11.3 Å². The topological polar surface area (TPSA) is 53.5 Å². The van der Waals surface area contributed by atoms with Gasteiger partial charge in [0.2, 0.25) is 10.0 Å². The minimum atomic E-state index is -3.28. The van der Waals surface area contributed by atoms with E-state index in [4.69, 9.17) is 0 Å². The molecule has 0 saturated carbocycles. The first-order valence-corrected chi connectivity index (χ1v) is 10.2. The van der Waals surface area contributed by atoms with Crippen LogP contribution in [0.4, 0.5) is 5.13 Å². The second-order valence-corrected chi connectivity index (χ2v) is 8.58. The van der Waals surface area contributed by atoms with Crippen LogP contribution in [0.1, 0.15) is 17.5 Å². The van der Waals surface area contributed by atoms with Crippen molar-refractivity contribution in [2.24, 2.45) is 0 Å². The molecular formula is C16H21N3O2S2. The Bertz CT molecular complexity index is 744. The maximum absolute atomic E-state index is 12.7. The molecule has 124 valence electrons. The molecular weight excluding hydrogens is 330 g/mol. The average molecular weight is 351 g/mol. The molecule has 0 bridgehead atoms. The zero-order valence-corrected chi connectivity index (χ0v) is 14.8. The van der Waals surface area contributed by atoms with Gasteiger partial charge in [0.05, 0.1) is 5.75 Å². The van der Waals surface area contributed by atoms with Crippen molar-refractivity contribution in [3.63, 3.8) is 0 Å². The zero-order chi connectivity index (χ0) is 16.3. The second-order valence-electron chi connectivity index (χ2n) is 5.74. The first kappa shape index (κ1) is 16.4. The van der Waals surface area contributed by atoms with Gasteiger partial charge in [-0.2, -0.15) is 4.31 Å². The fraction of sp³-hybridized carbons (Fsp3) is 0.438. The number of hydrogen-bond donors (Lipinski definition) is 0. The highest BCUT2D eigenvalue weighted by Crippen LogP contribution is 2.21. The highest BCUT2D eigenvalue weighted by atomic mass is 32.2. The van der Waals surface area contributed by atoms with Crippen LogP contribution in [0.25, 0.3) is 0 Å². The van der Waals surface area contributed by atoms with Crippen LogP contribution in [0.2, 0.25) is 0 Å². The van der Waals surface area contributed by atoms with Crippen LogP contribution < -0.4 is 4.90 Å². The normalized spacial score (nSPS) is 17.2. The van der Waals surface area contributed by atoms with Gasteiger partial charge in [0, 0.05) is 37.8 Å². The van der Waals surface area contributed by atoms with Crippen molar-refractivity contribution in [1.29, 1.82) is 0 Å². The second kappa shape index (κ2) is 6.98. The number of rotatable bonds is 4. The van der Waals surface area contributed by atoms with Gasteiger partial charge in [-0.1, -0.05) is 24.3 Å². The average Bonchev–Trinajstić information content (AvgIpc) is 2.93. The van der Waals surface area contributed by atoms with Gasteiger partial charge in [-0.25, -0.2) is 13.4 Å². The summed E-state index contributed by atoms with van der Waals surface area (Å²) in [6.07, 6.45) is 2.62. The number of anilines is 1. The van der Waals surface area contributed by atoms with E-state index in [9.17, 15) is 8.42 Å². The maximum Gasteiger partial charge on any atom is 0.218 e. The quantitative estimate of drug-likeness (QED) is 0.849. The van der Waals surface area contributed by atoms with E-state index in [1.54, 1.807) is 21.8 Å². The van der Waals surface area contributed by atoms with E-state index in [0.717, 1.165) is 29.2 Å². The molecule has 0 radical (unpaired) electrons. The van der Waals surface area contributed by atoms with E-state index in [0.29, 0.717) is 19.6 Å². The highest BCUT2D eigenvalue weighted by Gasteiger charge is 2.26. The number of hydrogen-bond acceptors (Lipinski definition) is 5. The Morgan fingerprint density at radius 2 is 2.00 bits per heavy atom. The summed E-state index contributed by atoms with van der Waals surface area (Å²) >= 11 is 1.60. The lowest BCUT2D eigenvalue weighted by Gasteiger charge is -2.21. The molecule has 2 heterocycles. The number of aryl methyl sites for hydroxylation is 1. The van der Waals surface area contributed by atoms with Gasteiger partial charge in [0.1, 0.15) is 0 Å². The molecule has 0 unspecified atom stereocenters. The van der Waals surface area contributed by atoms with Crippen LogP contribution in [0.3, 0.4) is 0 Å². The molecule has 2 aromatic rings. The monoisotopic (exact) mass is 351 g/mol. The van der Waals surface area contributed by atoms with Crippen LogP contribution in [0, 0.1) is 6.92 Å². The number of thiazole rings is 1. The van der Waals surface area contributed by atoms with Crippen LogP contribution in [-0.4, -0.2) is 43.9 Å². The Hall–Kier alpha value is -1.44. The van der Waals surface area contributed by atoms with Crippen molar-refractivity contribution in [3.05, 3.63) is 47.0 Å². The van der Waals surface area contributed by atoms with Crippen molar-refractivity contribution < 1.29 is 8.42 Å². The summed E-state index contributed by atoms with van der Waals surface area (Å²) in [5.74, 6) is 0.0803. The Morgan fingerprint density at radius 3 is 2.74 bits per heavy atom. The fourth-order valence-corrected chi connectivity index (χ4v) is 5.16. The van der Waals surface area contributed by atoms with Crippen molar-refractivity contribution in [2.75, 3.05) is 31.1 Å². The third kappa shape index (κ3) is 3.91. The largest absolute Gasteiger partial charge is 0.347 e. The molecule has 1 saturated heterocycles. The van der Waals surface area contributed by atoms with Gasteiger partial charge in [0.25, 0.3) is 0 Å². The minimum Gasteiger partial charge on any atom is -0.347 e. The van der Waals surface area contributed by atoms with Gasteiger partial charge in [-0.15, -0.1) is 11.3 Å². The lowest BCUT2D eigenvalue weighted by atomic mass is 10.1. The summed E-state index contributed by atoms with van der Waals surface area (Å²) in [5.41, 5.74) is 1.91. The zero-order valence-electron chi connectivity index (χ0n) is 13.2. The highest BCUT2D eigenvalue weighted by molar-refractivity contribution is 7.88. The van der Waals surface area contributed by atoms with Gasteiger partial charge >= 0.3 is 0 Å². The van der Waals surface area contributed by atoms with Gasteiger partial charge in [-0.05, 0) is 24.5 Å². The van der Waals surface area contributed by atoms with Crippen molar-refractivity contribution in [2.45, 2.75) is 19.1 Å². The number of nitrogens with zero attached hydrogens (tertiary/aromatic N) is 3. The molecule has 23 heavy (non-hydrogen) atoms. The molecule has 1 aromatic heterocycles. The number of sulfonamides is 1. The summed E-state index contributed by atoms with van der Waals surface area (Å²) in [4.78, 5) is 6.50. The van der Waals surface area contributed by atoms with Gasteiger partial charge in [0.15, 0.2) is 5.13 Å². The summed E-state index contributed by atoms with van der Waals surface area (Å²) in [6, 6.07) is 7.68. The molecule has 5 nitrogen and oxygen atoms in total. The lowest BCUT2D eigenvalue weighted by Crippen LogP contribution is -2.36. The summed E-state index contributed by atoms with van der Waals surface area (Å²) in [6.45, 7) is 4.60. The molecule has 1 fully saturated rings. The van der Waals surface area contributed by atoms with Crippen LogP contribution in [0.5, 0.6) is 0 Å². The number of benzene rings is 1. The molecule has 0 amide bonds. The smallest absolute Gasteiger partial charge is 0.218 e. The Morgan fingerprint density at radius 1 is 1.17 bits per heavy atom. The number of aromatic nitrogens is 1. The first-order chi connectivity index (χ1) is 11.1. The van der Waals surface area contributed by atoms with Crippen molar-refractivity contribution in [3.8, 4) is 0 Å². The Balaban J connectivity index is 1.70. The lowest BCUT2D eigenvalue weighted by molar-refractivity contribution is 0.432. The molecule has 0 atom stereocenters. The molecule has 0 N–H and O–H groups in total. The molecule has 0 aliphatic carbocycles. The molecule has 3 rings (SSSR count). The van der Waals surface area contributed by atoms with E-state index in [1.807, 2.05) is 36.6 Å². The van der Waals surface area contributed by atoms with Crippen LogP contribution in [-0.2, 0) is 15.8 Å². The van der Waals surface area contributed by atoms with E-state index in [2.05, 4.69) is 9.88 Å². The van der Waals surface area contributed by atoms with Crippen molar-refractivity contribution in [1.82, 2.24) is 9.29 Å². The van der Waals surface area contributed by atoms with Crippen LogP contribution in [0.15, 0.2) is 35.8 Å². The fourth-order valence-electron chi connectivity index (χ4n) is 2.80. The summed E-state index contributed by atoms with van der Waals surface area (Å²) < 4.78 is 27.1. The Kier molecular flexibility index (Phi) is 4.99. The Labute approximate surface area is 141 Å². The molecule has 1 aromatic carbocycles. The third-order valence-electron chi connectivity index (χ3n) is 4.14. The van der Waals surface area contributed by atoms with Crippen molar-refractivity contribution >= 4 is 26.5 Å². The standard InChI is InChI=1S/C16H21N3O2S2/c1-14-5-2-3-6-15(14)13-23(20,21)19-9-4-8-18(10-11-19)16-17-7-12-22-16/h2-3,5-7,12H,4,8-11,13H2,1H3. The summed E-state index contributed by atoms with van der Waals surface area (Å²) in [7, 11) is -3.28. The SMILES string of the molecule is Cc1ccccc1CS(=O)(=O)N1CCCN(c2nccs2)CC1. The first-order valence-electron chi connectivity index (χ1n) is 7.73. The van der Waals surface area contributed by atoms with E-state index in [-0.39, 0.29) is 5.75 Å². The minimum absolute atomic E-state index is 0.0803. The van der Waals surface area contributed by atoms with Gasteiger partial charge in [-0.3, -0.25) is 0 Å². The van der Waals surface area contributed by atoms with E-state index in [1.165, 1.54) is 0 Å². The van der Waals surface area contributed by atoms with Gasteiger partial charge < -0.3 is 4.90 Å². The molecule has 1 aliphatic rings. The van der Waals surface area contributed by atoms with E-state index >= 15 is 0 Å². The molecule has 0 spiro atoms. The molecule has 1 aliphatic heterocycles.